The van der Waals surface area contributed by atoms with Crippen LogP contribution in [0.5, 0.6) is 0 Å². The number of hydrogen-bond donors (Lipinski definition) is 1. The summed E-state index contributed by atoms with van der Waals surface area (Å²) in [4.78, 5) is 14.4. The fraction of sp³-hybridized carbons (Fsp3) is 0.933. The Bertz CT molecular complexity index is 300. The number of esters is 1. The smallest absolute Gasteiger partial charge is 0.313 e. The van der Waals surface area contributed by atoms with Gasteiger partial charge in [-0.15, -0.1) is 0 Å². The summed E-state index contributed by atoms with van der Waals surface area (Å²) in [5, 5.41) is 0. The molecule has 0 radical (unpaired) electrons. The molecule has 0 aliphatic rings. The lowest BCUT2D eigenvalue weighted by atomic mass is 9.65. The lowest BCUT2D eigenvalue weighted by molar-refractivity contribution is -0.161. The van der Waals surface area contributed by atoms with Crippen molar-refractivity contribution in [2.45, 2.75) is 53.5 Å². The Labute approximate surface area is 118 Å². The number of ether oxygens (including phenoxy) is 1. The van der Waals surface area contributed by atoms with Crippen molar-refractivity contribution in [1.29, 1.82) is 0 Å². The summed E-state index contributed by atoms with van der Waals surface area (Å²) in [6.07, 6.45) is 0.699. The van der Waals surface area contributed by atoms with E-state index in [0.29, 0.717) is 13.0 Å². The second-order valence-electron chi connectivity index (χ2n) is 7.73. The summed E-state index contributed by atoms with van der Waals surface area (Å²) in [5.41, 5.74) is 4.96. The van der Waals surface area contributed by atoms with Gasteiger partial charge < -0.3 is 15.4 Å². The zero-order valence-electron chi connectivity index (χ0n) is 14.0. The fourth-order valence-corrected chi connectivity index (χ4v) is 2.10. The SMILES string of the molecule is CN(C)CCOC(=O)C(C)(CC(C)(C)C)C(C)(C)N. The lowest BCUT2D eigenvalue weighted by Gasteiger charge is -2.43. The van der Waals surface area contributed by atoms with Gasteiger partial charge in [-0.3, -0.25) is 4.79 Å². The third-order valence-electron chi connectivity index (χ3n) is 3.53. The van der Waals surface area contributed by atoms with Crippen LogP contribution in [-0.2, 0) is 9.53 Å². The van der Waals surface area contributed by atoms with Gasteiger partial charge in [-0.25, -0.2) is 0 Å². The topological polar surface area (TPSA) is 55.6 Å². The Morgan fingerprint density at radius 1 is 1.11 bits per heavy atom. The van der Waals surface area contributed by atoms with E-state index >= 15 is 0 Å². The minimum Gasteiger partial charge on any atom is -0.464 e. The third kappa shape index (κ3) is 5.91. The molecule has 114 valence electrons. The standard InChI is InChI=1S/C15H32N2O2/c1-13(2,3)11-15(6,14(4,5)16)12(18)19-10-9-17(7)8/h9-11,16H2,1-8H3. The van der Waals surface area contributed by atoms with Crippen molar-refractivity contribution < 1.29 is 9.53 Å². The fourth-order valence-electron chi connectivity index (χ4n) is 2.10. The predicted molar refractivity (Wildman–Crippen MR) is 80.0 cm³/mol. The van der Waals surface area contributed by atoms with E-state index in [-0.39, 0.29) is 11.4 Å². The highest BCUT2D eigenvalue weighted by atomic mass is 16.5. The number of nitrogens with two attached hydrogens (primary N) is 1. The maximum absolute atomic E-state index is 12.5. The van der Waals surface area contributed by atoms with Gasteiger partial charge in [-0.1, -0.05) is 20.8 Å². The molecule has 19 heavy (non-hydrogen) atoms. The molecule has 0 rings (SSSR count). The van der Waals surface area contributed by atoms with E-state index in [9.17, 15) is 4.79 Å². The normalized spacial score (nSPS) is 16.3. The molecular weight excluding hydrogens is 240 g/mol. The molecule has 0 spiro atoms. The predicted octanol–water partition coefficient (Wildman–Crippen LogP) is 2.27. The molecule has 1 unspecified atom stereocenters. The quantitative estimate of drug-likeness (QED) is 0.754. The first-order valence-corrected chi connectivity index (χ1v) is 6.90. The molecule has 0 aromatic rings. The van der Waals surface area contributed by atoms with Gasteiger partial charge in [-0.2, -0.15) is 0 Å². The van der Waals surface area contributed by atoms with Crippen LogP contribution in [0.3, 0.4) is 0 Å². The molecule has 0 saturated carbocycles. The Morgan fingerprint density at radius 2 is 1.58 bits per heavy atom. The second kappa shape index (κ2) is 6.23. The molecule has 0 aliphatic carbocycles. The second-order valence-corrected chi connectivity index (χ2v) is 7.73. The number of carbonyl (C=O) groups excluding carboxylic acids is 1. The minimum atomic E-state index is -0.683. The van der Waals surface area contributed by atoms with Crippen LogP contribution >= 0.6 is 0 Å². The van der Waals surface area contributed by atoms with Gasteiger partial charge in [0.25, 0.3) is 0 Å². The largest absolute Gasteiger partial charge is 0.464 e. The van der Waals surface area contributed by atoms with Crippen molar-refractivity contribution >= 4 is 5.97 Å². The van der Waals surface area contributed by atoms with E-state index in [0.717, 1.165) is 6.54 Å². The minimum absolute atomic E-state index is 0.0198. The Balaban J connectivity index is 4.91. The molecule has 0 heterocycles. The summed E-state index contributed by atoms with van der Waals surface area (Å²) in [5.74, 6) is -0.197. The molecule has 0 aromatic carbocycles. The van der Waals surface area contributed by atoms with Crippen molar-refractivity contribution in [1.82, 2.24) is 4.90 Å². The monoisotopic (exact) mass is 272 g/mol. The number of carbonyl (C=O) groups is 1. The van der Waals surface area contributed by atoms with Crippen LogP contribution in [0.15, 0.2) is 0 Å². The van der Waals surface area contributed by atoms with E-state index < -0.39 is 11.0 Å². The molecule has 0 bridgehead atoms. The van der Waals surface area contributed by atoms with E-state index in [4.69, 9.17) is 10.5 Å². The van der Waals surface area contributed by atoms with Crippen molar-refractivity contribution in [3.05, 3.63) is 0 Å². The maximum Gasteiger partial charge on any atom is 0.313 e. The molecule has 1 atom stereocenters. The Hall–Kier alpha value is -0.610. The third-order valence-corrected chi connectivity index (χ3v) is 3.53. The van der Waals surface area contributed by atoms with Gasteiger partial charge in [0.15, 0.2) is 0 Å². The average Bonchev–Trinajstić information content (AvgIpc) is 2.12. The van der Waals surface area contributed by atoms with Crippen molar-refractivity contribution in [2.75, 3.05) is 27.2 Å². The molecule has 4 nitrogen and oxygen atoms in total. The van der Waals surface area contributed by atoms with Crippen LogP contribution in [-0.4, -0.2) is 43.7 Å². The number of hydrogen-bond acceptors (Lipinski definition) is 4. The van der Waals surface area contributed by atoms with Gasteiger partial charge in [-0.05, 0) is 46.7 Å². The summed E-state index contributed by atoms with van der Waals surface area (Å²) in [7, 11) is 3.91. The molecule has 0 aromatic heterocycles. The zero-order valence-corrected chi connectivity index (χ0v) is 14.0. The molecule has 0 amide bonds. The highest BCUT2D eigenvalue weighted by Crippen LogP contribution is 2.41. The zero-order chi connectivity index (χ0) is 15.5. The molecule has 0 fully saturated rings. The molecule has 2 N–H and O–H groups in total. The van der Waals surface area contributed by atoms with Gasteiger partial charge >= 0.3 is 5.97 Å². The van der Waals surface area contributed by atoms with E-state index in [1.54, 1.807) is 0 Å². The summed E-state index contributed by atoms with van der Waals surface area (Å²) in [6, 6.07) is 0. The summed E-state index contributed by atoms with van der Waals surface area (Å²) < 4.78 is 5.43. The first kappa shape index (κ1) is 18.4. The number of rotatable bonds is 6. The van der Waals surface area contributed by atoms with E-state index in [1.165, 1.54) is 0 Å². The van der Waals surface area contributed by atoms with Gasteiger partial charge in [0.1, 0.15) is 6.61 Å². The van der Waals surface area contributed by atoms with Crippen molar-refractivity contribution in [2.24, 2.45) is 16.6 Å². The molecular formula is C15H32N2O2. The van der Waals surface area contributed by atoms with Crippen LogP contribution in [0.25, 0.3) is 0 Å². The van der Waals surface area contributed by atoms with Crippen LogP contribution in [0, 0.1) is 10.8 Å². The molecule has 0 aliphatic heterocycles. The first-order valence-electron chi connectivity index (χ1n) is 6.90. The van der Waals surface area contributed by atoms with Gasteiger partial charge in [0.2, 0.25) is 0 Å². The first-order chi connectivity index (χ1) is 8.29. The summed E-state index contributed by atoms with van der Waals surface area (Å²) >= 11 is 0. The summed E-state index contributed by atoms with van der Waals surface area (Å²) in [6.45, 7) is 13.2. The van der Waals surface area contributed by atoms with Crippen LogP contribution in [0.1, 0.15) is 48.0 Å². The van der Waals surface area contributed by atoms with Gasteiger partial charge in [0, 0.05) is 12.1 Å². The van der Waals surface area contributed by atoms with Crippen molar-refractivity contribution in [3.8, 4) is 0 Å². The molecule has 4 heteroatoms. The average molecular weight is 272 g/mol. The number of likely N-dealkylation sites (N-methyl/N-ethyl adjacent to an activating group) is 1. The number of nitrogens with zero attached hydrogens (tertiary/aromatic N) is 1. The van der Waals surface area contributed by atoms with Crippen molar-refractivity contribution in [3.63, 3.8) is 0 Å². The molecule has 0 saturated heterocycles. The van der Waals surface area contributed by atoms with Crippen LogP contribution < -0.4 is 5.73 Å². The lowest BCUT2D eigenvalue weighted by Crippen LogP contribution is -2.55. The highest BCUT2D eigenvalue weighted by Gasteiger charge is 2.48. The van der Waals surface area contributed by atoms with Gasteiger partial charge in [0.05, 0.1) is 5.41 Å². The van der Waals surface area contributed by atoms with Crippen LogP contribution in [0.2, 0.25) is 0 Å². The Morgan fingerprint density at radius 3 is 1.89 bits per heavy atom. The van der Waals surface area contributed by atoms with E-state index in [1.807, 2.05) is 39.8 Å². The Kier molecular flexibility index (Phi) is 6.03. The van der Waals surface area contributed by atoms with E-state index in [2.05, 4.69) is 20.8 Å². The van der Waals surface area contributed by atoms with Crippen LogP contribution in [0.4, 0.5) is 0 Å². The maximum atomic E-state index is 12.5. The highest BCUT2D eigenvalue weighted by molar-refractivity contribution is 5.78.